The number of hydrogen-bond donors (Lipinski definition) is 2. The summed E-state index contributed by atoms with van der Waals surface area (Å²) in [6.07, 6.45) is -0.0476. The smallest absolute Gasteiger partial charge is 0.322 e. The predicted molar refractivity (Wildman–Crippen MR) is 63.1 cm³/mol. The van der Waals surface area contributed by atoms with Crippen LogP contribution in [-0.2, 0) is 4.79 Å². The summed E-state index contributed by atoms with van der Waals surface area (Å²) in [6, 6.07) is 7.02. The molecule has 90 valence electrons. The number of nitrogens with one attached hydrogen (secondary N) is 1. The van der Waals surface area contributed by atoms with E-state index in [2.05, 4.69) is 5.32 Å². The molecule has 1 aromatic carbocycles. The van der Waals surface area contributed by atoms with Gasteiger partial charge in [0.1, 0.15) is 0 Å². The van der Waals surface area contributed by atoms with E-state index in [0.29, 0.717) is 6.54 Å². The molecule has 1 aliphatic rings. The molecule has 1 aliphatic heterocycles. The van der Waals surface area contributed by atoms with E-state index in [-0.39, 0.29) is 18.5 Å². The van der Waals surface area contributed by atoms with Crippen LogP contribution in [0.25, 0.3) is 0 Å². The lowest BCUT2D eigenvalue weighted by Gasteiger charge is -2.14. The number of carbonyl (C=O) groups is 2. The Labute approximate surface area is 99.0 Å². The molecule has 1 unspecified atom stereocenters. The van der Waals surface area contributed by atoms with E-state index < -0.39 is 5.97 Å². The second-order valence-corrected chi connectivity index (χ2v) is 4.19. The highest BCUT2D eigenvalue weighted by molar-refractivity contribution is 5.95. The molecule has 0 aliphatic carbocycles. The van der Waals surface area contributed by atoms with Crippen molar-refractivity contribution in [1.29, 1.82) is 0 Å². The van der Waals surface area contributed by atoms with Gasteiger partial charge in [-0.1, -0.05) is 12.1 Å². The molecule has 0 spiro atoms. The minimum atomic E-state index is -0.901. The topological polar surface area (TPSA) is 69.6 Å². The average Bonchev–Trinajstić information content (AvgIpc) is 2.58. The van der Waals surface area contributed by atoms with Crippen LogP contribution in [0.15, 0.2) is 24.3 Å². The van der Waals surface area contributed by atoms with E-state index in [9.17, 15) is 9.59 Å². The number of rotatable bonds is 3. The molecule has 2 rings (SSSR count). The van der Waals surface area contributed by atoms with Crippen molar-refractivity contribution < 1.29 is 14.7 Å². The highest BCUT2D eigenvalue weighted by Crippen LogP contribution is 2.20. The second kappa shape index (κ2) is 4.45. The molecule has 0 bridgehead atoms. The van der Waals surface area contributed by atoms with Crippen molar-refractivity contribution in [3.8, 4) is 0 Å². The van der Waals surface area contributed by atoms with Gasteiger partial charge in [0.2, 0.25) is 0 Å². The molecular formula is C12H14N2O3. The second-order valence-electron chi connectivity index (χ2n) is 4.19. The SMILES string of the molecule is Cc1cccc(N2CC(CC(=O)O)NC2=O)c1. The lowest BCUT2D eigenvalue weighted by molar-refractivity contribution is -0.137. The molecule has 1 saturated heterocycles. The van der Waals surface area contributed by atoms with Gasteiger partial charge in [-0.3, -0.25) is 9.69 Å². The van der Waals surface area contributed by atoms with Crippen molar-refractivity contribution in [3.63, 3.8) is 0 Å². The maximum Gasteiger partial charge on any atom is 0.322 e. The zero-order chi connectivity index (χ0) is 12.4. The summed E-state index contributed by atoms with van der Waals surface area (Å²) >= 11 is 0. The Morgan fingerprint density at radius 2 is 2.35 bits per heavy atom. The number of carboxylic acid groups (broad SMARTS) is 1. The normalized spacial score (nSPS) is 19.2. The molecule has 2 N–H and O–H groups in total. The summed E-state index contributed by atoms with van der Waals surface area (Å²) < 4.78 is 0. The third-order valence-electron chi connectivity index (χ3n) is 2.71. The number of carboxylic acids is 1. The lowest BCUT2D eigenvalue weighted by Crippen LogP contribution is -2.29. The Morgan fingerprint density at radius 3 is 3.00 bits per heavy atom. The standard InChI is InChI=1S/C12H14N2O3/c1-8-3-2-4-10(5-8)14-7-9(6-11(15)16)13-12(14)17/h2-5,9H,6-7H2,1H3,(H,13,17)(H,15,16). The van der Waals surface area contributed by atoms with Crippen LogP contribution in [0, 0.1) is 6.92 Å². The third kappa shape index (κ3) is 2.55. The lowest BCUT2D eigenvalue weighted by atomic mass is 10.2. The summed E-state index contributed by atoms with van der Waals surface area (Å²) in [5.74, 6) is -0.901. The molecule has 0 radical (unpaired) electrons. The van der Waals surface area contributed by atoms with Gasteiger partial charge >= 0.3 is 12.0 Å². The molecular weight excluding hydrogens is 220 g/mol. The van der Waals surface area contributed by atoms with Crippen molar-refractivity contribution in [1.82, 2.24) is 5.32 Å². The van der Waals surface area contributed by atoms with Crippen LogP contribution < -0.4 is 10.2 Å². The van der Waals surface area contributed by atoms with Gasteiger partial charge in [-0.25, -0.2) is 4.79 Å². The highest BCUT2D eigenvalue weighted by Gasteiger charge is 2.30. The van der Waals surface area contributed by atoms with Gasteiger partial charge in [0, 0.05) is 12.2 Å². The monoisotopic (exact) mass is 234 g/mol. The van der Waals surface area contributed by atoms with E-state index in [4.69, 9.17) is 5.11 Å². The largest absolute Gasteiger partial charge is 0.481 e. The van der Waals surface area contributed by atoms with Gasteiger partial charge in [-0.05, 0) is 24.6 Å². The predicted octanol–water partition coefficient (Wildman–Crippen LogP) is 1.37. The summed E-state index contributed by atoms with van der Waals surface area (Å²) in [5, 5.41) is 11.4. The van der Waals surface area contributed by atoms with Gasteiger partial charge in [0.25, 0.3) is 0 Å². The Balaban J connectivity index is 2.13. The van der Waals surface area contributed by atoms with Crippen molar-refractivity contribution in [3.05, 3.63) is 29.8 Å². The van der Waals surface area contributed by atoms with Crippen LogP contribution in [-0.4, -0.2) is 29.7 Å². The van der Waals surface area contributed by atoms with Gasteiger partial charge in [-0.15, -0.1) is 0 Å². The van der Waals surface area contributed by atoms with Crippen LogP contribution in [0.3, 0.4) is 0 Å². The fourth-order valence-corrected chi connectivity index (χ4v) is 1.95. The van der Waals surface area contributed by atoms with Gasteiger partial charge in [0.05, 0.1) is 12.5 Å². The number of aryl methyl sites for hydroxylation is 1. The van der Waals surface area contributed by atoms with E-state index >= 15 is 0 Å². The molecule has 0 saturated carbocycles. The number of hydrogen-bond acceptors (Lipinski definition) is 2. The number of nitrogens with zero attached hydrogens (tertiary/aromatic N) is 1. The minimum absolute atomic E-state index is 0.0476. The number of benzene rings is 1. The first kappa shape index (κ1) is 11.4. The fourth-order valence-electron chi connectivity index (χ4n) is 1.95. The van der Waals surface area contributed by atoms with E-state index in [0.717, 1.165) is 11.3 Å². The third-order valence-corrected chi connectivity index (χ3v) is 2.71. The maximum absolute atomic E-state index is 11.7. The highest BCUT2D eigenvalue weighted by atomic mass is 16.4. The molecule has 2 amide bonds. The summed E-state index contributed by atoms with van der Waals surface area (Å²) in [6.45, 7) is 2.35. The maximum atomic E-state index is 11.7. The number of amides is 2. The molecule has 1 heterocycles. The number of urea groups is 1. The summed E-state index contributed by atoms with van der Waals surface area (Å²) in [4.78, 5) is 23.9. The number of aliphatic carboxylic acids is 1. The van der Waals surface area contributed by atoms with Crippen molar-refractivity contribution in [2.24, 2.45) is 0 Å². The first-order valence-corrected chi connectivity index (χ1v) is 5.43. The van der Waals surface area contributed by atoms with E-state index in [1.165, 1.54) is 0 Å². The van der Waals surface area contributed by atoms with Crippen LogP contribution in [0.1, 0.15) is 12.0 Å². The van der Waals surface area contributed by atoms with Gasteiger partial charge in [0.15, 0.2) is 0 Å². The molecule has 1 atom stereocenters. The zero-order valence-electron chi connectivity index (χ0n) is 9.51. The minimum Gasteiger partial charge on any atom is -0.481 e. The Morgan fingerprint density at radius 1 is 1.59 bits per heavy atom. The number of anilines is 1. The molecule has 1 fully saturated rings. The first-order valence-electron chi connectivity index (χ1n) is 5.43. The molecule has 5 heteroatoms. The Bertz CT molecular complexity index is 459. The van der Waals surface area contributed by atoms with Crippen molar-refractivity contribution >= 4 is 17.7 Å². The van der Waals surface area contributed by atoms with Crippen LogP contribution in [0.5, 0.6) is 0 Å². The van der Waals surface area contributed by atoms with E-state index in [1.807, 2.05) is 31.2 Å². The Hall–Kier alpha value is -2.04. The molecule has 17 heavy (non-hydrogen) atoms. The molecule has 5 nitrogen and oxygen atoms in total. The van der Waals surface area contributed by atoms with Gasteiger partial charge < -0.3 is 10.4 Å². The van der Waals surface area contributed by atoms with Crippen LogP contribution >= 0.6 is 0 Å². The summed E-state index contributed by atoms with van der Waals surface area (Å²) in [7, 11) is 0. The average molecular weight is 234 g/mol. The molecule has 1 aromatic rings. The van der Waals surface area contributed by atoms with Crippen LogP contribution in [0.4, 0.5) is 10.5 Å². The first-order chi connectivity index (χ1) is 8.06. The summed E-state index contributed by atoms with van der Waals surface area (Å²) in [5.41, 5.74) is 1.87. The van der Waals surface area contributed by atoms with Gasteiger partial charge in [-0.2, -0.15) is 0 Å². The zero-order valence-corrected chi connectivity index (χ0v) is 9.51. The van der Waals surface area contributed by atoms with Crippen LogP contribution in [0.2, 0.25) is 0 Å². The van der Waals surface area contributed by atoms with Crippen molar-refractivity contribution in [2.45, 2.75) is 19.4 Å². The number of carbonyl (C=O) groups excluding carboxylic acids is 1. The molecule has 0 aromatic heterocycles. The van der Waals surface area contributed by atoms with E-state index in [1.54, 1.807) is 4.90 Å². The Kier molecular flexibility index (Phi) is 2.99. The van der Waals surface area contributed by atoms with Crippen molar-refractivity contribution in [2.75, 3.05) is 11.4 Å². The fraction of sp³-hybridized carbons (Fsp3) is 0.333. The quantitative estimate of drug-likeness (QED) is 0.829.